The van der Waals surface area contributed by atoms with Crippen molar-refractivity contribution in [3.8, 4) is 0 Å². The molecule has 0 spiro atoms. The van der Waals surface area contributed by atoms with Gasteiger partial charge in [0.2, 0.25) is 0 Å². The lowest BCUT2D eigenvalue weighted by Crippen LogP contribution is -2.15. The summed E-state index contributed by atoms with van der Waals surface area (Å²) in [5, 5.41) is 6.17. The molecule has 0 radical (unpaired) electrons. The molecular formula is C10H9BrFN3O2S. The van der Waals surface area contributed by atoms with Crippen LogP contribution in [-0.4, -0.2) is 18.6 Å². The van der Waals surface area contributed by atoms with E-state index in [0.29, 0.717) is 10.0 Å². The molecule has 0 bridgehead atoms. The van der Waals surface area contributed by atoms with Crippen LogP contribution in [0.5, 0.6) is 0 Å². The summed E-state index contributed by atoms with van der Waals surface area (Å²) in [7, 11) is -3.97. The van der Waals surface area contributed by atoms with Gasteiger partial charge in [0.05, 0.1) is 6.20 Å². The van der Waals surface area contributed by atoms with Gasteiger partial charge in [-0.25, -0.2) is 12.8 Å². The van der Waals surface area contributed by atoms with E-state index in [0.717, 1.165) is 6.07 Å². The third-order valence-corrected chi connectivity index (χ3v) is 4.12. The smallest absolute Gasteiger partial charge is 0.263 e. The van der Waals surface area contributed by atoms with Gasteiger partial charge in [-0.3, -0.25) is 9.82 Å². The molecule has 2 aromatic rings. The fourth-order valence-corrected chi connectivity index (χ4v) is 2.81. The van der Waals surface area contributed by atoms with Crippen molar-refractivity contribution in [1.82, 2.24) is 10.2 Å². The summed E-state index contributed by atoms with van der Waals surface area (Å²) in [4.78, 5) is -0.417. The lowest BCUT2D eigenvalue weighted by molar-refractivity contribution is 0.569. The third-order valence-electron chi connectivity index (χ3n) is 2.25. The van der Waals surface area contributed by atoms with Gasteiger partial charge < -0.3 is 0 Å². The van der Waals surface area contributed by atoms with Crippen molar-refractivity contribution in [1.29, 1.82) is 0 Å². The van der Waals surface area contributed by atoms with Crippen molar-refractivity contribution in [3.05, 3.63) is 40.2 Å². The first-order chi connectivity index (χ1) is 8.40. The molecule has 2 N–H and O–H groups in total. The highest BCUT2D eigenvalue weighted by Crippen LogP contribution is 2.22. The van der Waals surface area contributed by atoms with E-state index in [1.165, 1.54) is 18.3 Å². The molecule has 1 aromatic carbocycles. The van der Waals surface area contributed by atoms with Gasteiger partial charge in [0, 0.05) is 10.0 Å². The molecule has 2 rings (SSSR count). The van der Waals surface area contributed by atoms with Gasteiger partial charge >= 0.3 is 0 Å². The predicted molar refractivity (Wildman–Crippen MR) is 68.2 cm³/mol. The molecular weight excluding hydrogens is 325 g/mol. The summed E-state index contributed by atoms with van der Waals surface area (Å²) < 4.78 is 40.3. The molecule has 1 aromatic heterocycles. The largest absolute Gasteiger partial charge is 0.265 e. The lowest BCUT2D eigenvalue weighted by atomic mass is 10.3. The van der Waals surface area contributed by atoms with E-state index in [-0.39, 0.29) is 5.82 Å². The van der Waals surface area contributed by atoms with Crippen LogP contribution in [0.1, 0.15) is 5.56 Å². The molecule has 0 atom stereocenters. The molecule has 0 aliphatic rings. The second kappa shape index (κ2) is 4.69. The highest BCUT2D eigenvalue weighted by molar-refractivity contribution is 9.10. The van der Waals surface area contributed by atoms with Gasteiger partial charge in [-0.05, 0) is 25.1 Å². The molecule has 0 aliphatic carbocycles. The Hall–Kier alpha value is -1.41. The standard InChI is InChI=1S/C10H9BrFN3O2S/c1-6-5-13-14-10(6)15-18(16,17)9-3-2-7(11)4-8(9)12/h2-5H,1H3,(H2,13,14,15). The normalized spacial score (nSPS) is 11.5. The van der Waals surface area contributed by atoms with E-state index in [1.807, 2.05) is 0 Å². The van der Waals surface area contributed by atoms with Gasteiger partial charge in [0.25, 0.3) is 10.0 Å². The third kappa shape index (κ3) is 2.54. The maximum Gasteiger partial charge on any atom is 0.265 e. The molecule has 0 amide bonds. The summed E-state index contributed by atoms with van der Waals surface area (Å²) in [6, 6.07) is 3.74. The number of aryl methyl sites for hydroxylation is 1. The van der Waals surface area contributed by atoms with Crippen LogP contribution in [0.3, 0.4) is 0 Å². The quantitative estimate of drug-likeness (QED) is 0.905. The maximum absolute atomic E-state index is 13.6. The first-order valence-corrected chi connectivity index (χ1v) is 7.15. The van der Waals surface area contributed by atoms with Gasteiger partial charge in [0.1, 0.15) is 16.5 Å². The Morgan fingerprint density at radius 3 is 2.72 bits per heavy atom. The number of aromatic nitrogens is 2. The van der Waals surface area contributed by atoms with Crippen LogP contribution >= 0.6 is 15.9 Å². The highest BCUT2D eigenvalue weighted by atomic mass is 79.9. The summed E-state index contributed by atoms with van der Waals surface area (Å²) in [5.74, 6) is -0.605. The van der Waals surface area contributed by atoms with E-state index >= 15 is 0 Å². The summed E-state index contributed by atoms with van der Waals surface area (Å²) in [5.41, 5.74) is 0.621. The minimum absolute atomic E-state index is 0.220. The number of nitrogens with one attached hydrogen (secondary N) is 2. The van der Waals surface area contributed by atoms with Crippen molar-refractivity contribution in [2.24, 2.45) is 0 Å². The number of rotatable bonds is 3. The zero-order valence-corrected chi connectivity index (χ0v) is 11.6. The molecule has 0 unspecified atom stereocenters. The number of hydrogen-bond acceptors (Lipinski definition) is 3. The van der Waals surface area contributed by atoms with Crippen LogP contribution < -0.4 is 4.72 Å². The molecule has 18 heavy (non-hydrogen) atoms. The van der Waals surface area contributed by atoms with Crippen LogP contribution in [0.25, 0.3) is 0 Å². The van der Waals surface area contributed by atoms with E-state index < -0.39 is 20.7 Å². The fraction of sp³-hybridized carbons (Fsp3) is 0.100. The SMILES string of the molecule is Cc1cn[nH]c1NS(=O)(=O)c1ccc(Br)cc1F. The number of benzene rings is 1. The number of sulfonamides is 1. The Kier molecular flexibility index (Phi) is 3.40. The molecule has 96 valence electrons. The molecule has 0 aliphatic heterocycles. The van der Waals surface area contributed by atoms with Crippen molar-refractivity contribution < 1.29 is 12.8 Å². The average Bonchev–Trinajstić information content (AvgIpc) is 2.63. The Morgan fingerprint density at radius 2 is 2.17 bits per heavy atom. The van der Waals surface area contributed by atoms with Crippen LogP contribution in [0.15, 0.2) is 33.8 Å². The average molecular weight is 334 g/mol. The molecule has 0 saturated carbocycles. The second-order valence-corrected chi connectivity index (χ2v) is 6.17. The molecule has 0 saturated heterocycles. The van der Waals surface area contributed by atoms with Crippen LogP contribution in [0.2, 0.25) is 0 Å². The number of halogens is 2. The van der Waals surface area contributed by atoms with E-state index in [9.17, 15) is 12.8 Å². The van der Waals surface area contributed by atoms with Gasteiger partial charge in [-0.2, -0.15) is 5.10 Å². The molecule has 0 fully saturated rings. The monoisotopic (exact) mass is 333 g/mol. The van der Waals surface area contributed by atoms with Crippen molar-refractivity contribution in [2.75, 3.05) is 4.72 Å². The lowest BCUT2D eigenvalue weighted by Gasteiger charge is -2.08. The Morgan fingerprint density at radius 1 is 1.44 bits per heavy atom. The first kappa shape index (κ1) is 13.0. The van der Waals surface area contributed by atoms with Crippen LogP contribution in [-0.2, 0) is 10.0 Å². The minimum atomic E-state index is -3.97. The number of aromatic amines is 1. The Balaban J connectivity index is 2.40. The number of nitrogens with zero attached hydrogens (tertiary/aromatic N) is 1. The molecule has 8 heteroatoms. The fourth-order valence-electron chi connectivity index (χ4n) is 1.33. The number of anilines is 1. The topological polar surface area (TPSA) is 74.8 Å². The van der Waals surface area contributed by atoms with Crippen LogP contribution in [0, 0.1) is 12.7 Å². The summed E-state index contributed by atoms with van der Waals surface area (Å²) in [6.45, 7) is 1.68. The number of H-pyrrole nitrogens is 1. The summed E-state index contributed by atoms with van der Waals surface area (Å²) >= 11 is 3.06. The van der Waals surface area contributed by atoms with Crippen molar-refractivity contribution >= 4 is 31.8 Å². The summed E-state index contributed by atoms with van der Waals surface area (Å²) in [6.07, 6.45) is 1.47. The van der Waals surface area contributed by atoms with E-state index in [1.54, 1.807) is 6.92 Å². The zero-order chi connectivity index (χ0) is 13.3. The van der Waals surface area contributed by atoms with E-state index in [2.05, 4.69) is 30.8 Å². The van der Waals surface area contributed by atoms with Crippen molar-refractivity contribution in [3.63, 3.8) is 0 Å². The second-order valence-electron chi connectivity index (χ2n) is 3.61. The van der Waals surface area contributed by atoms with Crippen molar-refractivity contribution in [2.45, 2.75) is 11.8 Å². The predicted octanol–water partition coefficient (Wildman–Crippen LogP) is 2.42. The highest BCUT2D eigenvalue weighted by Gasteiger charge is 2.20. The molecule has 5 nitrogen and oxygen atoms in total. The zero-order valence-electron chi connectivity index (χ0n) is 9.24. The van der Waals surface area contributed by atoms with Gasteiger partial charge in [-0.15, -0.1) is 0 Å². The van der Waals surface area contributed by atoms with E-state index in [4.69, 9.17) is 0 Å². The maximum atomic E-state index is 13.6. The van der Waals surface area contributed by atoms with Gasteiger partial charge in [0.15, 0.2) is 0 Å². The van der Waals surface area contributed by atoms with Crippen LogP contribution in [0.4, 0.5) is 10.2 Å². The Labute approximate surface area is 112 Å². The minimum Gasteiger partial charge on any atom is -0.263 e. The molecule has 1 heterocycles. The first-order valence-electron chi connectivity index (χ1n) is 4.88. The number of hydrogen-bond donors (Lipinski definition) is 2. The van der Waals surface area contributed by atoms with Gasteiger partial charge in [-0.1, -0.05) is 15.9 Å². The Bertz CT molecular complexity index is 684.